The molecule has 1 heterocycles. The second kappa shape index (κ2) is 6.72. The summed E-state index contributed by atoms with van der Waals surface area (Å²) in [4.78, 5) is 23.3. The molecular formula is C14H15Cl2N3O4S. The zero-order valence-corrected chi connectivity index (χ0v) is 15.4. The molecule has 0 aliphatic rings. The number of rotatable bonds is 4. The van der Waals surface area contributed by atoms with Crippen LogP contribution in [0.4, 0.5) is 0 Å². The Morgan fingerprint density at radius 2 is 1.79 bits per heavy atom. The van der Waals surface area contributed by atoms with Gasteiger partial charge < -0.3 is 4.57 Å². The van der Waals surface area contributed by atoms with Crippen LogP contribution in [0.1, 0.15) is 18.5 Å². The number of aromatic nitrogens is 2. The molecule has 2 aromatic rings. The van der Waals surface area contributed by atoms with Crippen LogP contribution in [0.2, 0.25) is 10.0 Å². The van der Waals surface area contributed by atoms with Crippen molar-refractivity contribution in [2.45, 2.75) is 17.9 Å². The Kier molecular flexibility index (Phi) is 5.24. The Bertz CT molecular complexity index is 1010. The Morgan fingerprint density at radius 1 is 1.17 bits per heavy atom. The van der Waals surface area contributed by atoms with E-state index in [1.54, 1.807) is 19.1 Å². The van der Waals surface area contributed by atoms with Crippen molar-refractivity contribution in [3.8, 4) is 0 Å². The van der Waals surface area contributed by atoms with Gasteiger partial charge in [0, 0.05) is 36.4 Å². The fourth-order valence-corrected chi connectivity index (χ4v) is 4.13. The van der Waals surface area contributed by atoms with Crippen LogP contribution < -0.4 is 16.0 Å². The van der Waals surface area contributed by atoms with Crippen molar-refractivity contribution in [3.63, 3.8) is 0 Å². The van der Waals surface area contributed by atoms with Gasteiger partial charge >= 0.3 is 5.69 Å². The summed E-state index contributed by atoms with van der Waals surface area (Å²) in [5, 5.41) is 0.719. The summed E-state index contributed by atoms with van der Waals surface area (Å²) in [5.41, 5.74) is -1.01. The lowest BCUT2D eigenvalue weighted by Gasteiger charge is -2.16. The molecule has 24 heavy (non-hydrogen) atoms. The van der Waals surface area contributed by atoms with E-state index in [0.29, 0.717) is 15.6 Å². The Labute approximate surface area is 148 Å². The van der Waals surface area contributed by atoms with Crippen molar-refractivity contribution in [1.29, 1.82) is 0 Å². The number of aryl methyl sites for hydroxylation is 1. The van der Waals surface area contributed by atoms with E-state index < -0.39 is 32.2 Å². The van der Waals surface area contributed by atoms with Gasteiger partial charge in [-0.1, -0.05) is 29.3 Å². The quantitative estimate of drug-likeness (QED) is 0.853. The van der Waals surface area contributed by atoms with E-state index >= 15 is 0 Å². The van der Waals surface area contributed by atoms with Crippen LogP contribution >= 0.6 is 23.2 Å². The summed E-state index contributed by atoms with van der Waals surface area (Å²) in [7, 11) is -1.59. The van der Waals surface area contributed by atoms with Gasteiger partial charge in [0.1, 0.15) is 0 Å². The summed E-state index contributed by atoms with van der Waals surface area (Å²) in [6, 6.07) is 3.96. The minimum Gasteiger partial charge on any atom is -0.302 e. The third kappa shape index (κ3) is 3.56. The van der Waals surface area contributed by atoms with E-state index in [-0.39, 0.29) is 0 Å². The van der Waals surface area contributed by atoms with E-state index in [4.69, 9.17) is 23.2 Å². The molecule has 1 aromatic carbocycles. The van der Waals surface area contributed by atoms with Gasteiger partial charge in [0.05, 0.1) is 0 Å². The topological polar surface area (TPSA) is 90.2 Å². The number of nitrogens with one attached hydrogen (secondary N) is 1. The van der Waals surface area contributed by atoms with Crippen LogP contribution in [0.25, 0.3) is 0 Å². The molecule has 0 amide bonds. The first-order valence-electron chi connectivity index (χ1n) is 6.78. The molecule has 1 aromatic heterocycles. The normalized spacial score (nSPS) is 13.0. The first kappa shape index (κ1) is 18.7. The van der Waals surface area contributed by atoms with Crippen molar-refractivity contribution < 1.29 is 8.42 Å². The molecule has 0 spiro atoms. The summed E-state index contributed by atoms with van der Waals surface area (Å²) in [5.74, 6) is 0. The molecule has 1 N–H and O–H groups in total. The summed E-state index contributed by atoms with van der Waals surface area (Å²) in [6.45, 7) is 1.58. The summed E-state index contributed by atoms with van der Waals surface area (Å²) >= 11 is 11.9. The molecule has 0 bridgehead atoms. The van der Waals surface area contributed by atoms with Gasteiger partial charge in [0.15, 0.2) is 4.90 Å². The monoisotopic (exact) mass is 391 g/mol. The number of benzene rings is 1. The third-order valence-electron chi connectivity index (χ3n) is 3.47. The van der Waals surface area contributed by atoms with Crippen molar-refractivity contribution in [1.82, 2.24) is 13.9 Å². The number of halogens is 2. The van der Waals surface area contributed by atoms with Crippen molar-refractivity contribution in [2.24, 2.45) is 14.1 Å². The van der Waals surface area contributed by atoms with Crippen LogP contribution in [0, 0.1) is 0 Å². The smallest absolute Gasteiger partial charge is 0.302 e. The van der Waals surface area contributed by atoms with E-state index in [2.05, 4.69) is 4.72 Å². The molecule has 2 rings (SSSR count). The highest BCUT2D eigenvalue weighted by molar-refractivity contribution is 7.89. The van der Waals surface area contributed by atoms with Gasteiger partial charge in [-0.05, 0) is 24.6 Å². The van der Waals surface area contributed by atoms with Crippen LogP contribution in [-0.4, -0.2) is 17.6 Å². The molecule has 0 unspecified atom stereocenters. The maximum atomic E-state index is 12.5. The maximum absolute atomic E-state index is 12.5. The predicted octanol–water partition coefficient (Wildman–Crippen LogP) is 1.43. The second-order valence-corrected chi connectivity index (χ2v) is 7.79. The number of nitrogens with zero attached hydrogens (tertiary/aromatic N) is 2. The average molecular weight is 392 g/mol. The number of sulfonamides is 1. The largest absolute Gasteiger partial charge is 0.330 e. The first-order valence-corrected chi connectivity index (χ1v) is 9.02. The molecular weight excluding hydrogens is 377 g/mol. The van der Waals surface area contributed by atoms with Crippen LogP contribution in [0.3, 0.4) is 0 Å². The zero-order valence-electron chi connectivity index (χ0n) is 13.1. The van der Waals surface area contributed by atoms with E-state index in [0.717, 1.165) is 15.3 Å². The molecule has 0 fully saturated rings. The fourth-order valence-electron chi connectivity index (χ4n) is 2.17. The highest BCUT2D eigenvalue weighted by Gasteiger charge is 2.24. The Hall–Kier alpha value is -1.61. The lowest BCUT2D eigenvalue weighted by molar-refractivity contribution is 0.557. The highest BCUT2D eigenvalue weighted by Crippen LogP contribution is 2.26. The number of hydrogen-bond acceptors (Lipinski definition) is 4. The third-order valence-corrected chi connectivity index (χ3v) is 5.55. The molecule has 0 saturated heterocycles. The maximum Gasteiger partial charge on any atom is 0.330 e. The Balaban J connectivity index is 2.46. The lowest BCUT2D eigenvalue weighted by atomic mass is 10.1. The molecule has 130 valence electrons. The van der Waals surface area contributed by atoms with Gasteiger partial charge in [-0.25, -0.2) is 17.9 Å². The predicted molar refractivity (Wildman–Crippen MR) is 92.1 cm³/mol. The zero-order chi connectivity index (χ0) is 18.2. The highest BCUT2D eigenvalue weighted by atomic mass is 35.5. The average Bonchev–Trinajstić information content (AvgIpc) is 2.47. The SMILES string of the molecule is C[C@@H](NS(=O)(=O)c1cn(C)c(=O)n(C)c1=O)c1ccc(Cl)cc1Cl. The molecule has 7 nitrogen and oxygen atoms in total. The fraction of sp³-hybridized carbons (Fsp3) is 0.286. The minimum absolute atomic E-state index is 0.297. The molecule has 0 radical (unpaired) electrons. The number of hydrogen-bond donors (Lipinski definition) is 1. The Morgan fingerprint density at radius 3 is 2.38 bits per heavy atom. The van der Waals surface area contributed by atoms with E-state index in [9.17, 15) is 18.0 Å². The second-order valence-electron chi connectivity index (χ2n) is 5.26. The van der Waals surface area contributed by atoms with Gasteiger partial charge in [0.2, 0.25) is 10.0 Å². The van der Waals surface area contributed by atoms with Gasteiger partial charge in [-0.3, -0.25) is 9.36 Å². The van der Waals surface area contributed by atoms with Crippen LogP contribution in [0.15, 0.2) is 38.9 Å². The lowest BCUT2D eigenvalue weighted by Crippen LogP contribution is -2.41. The standard InChI is InChI=1S/C14H15Cl2N3O4S/c1-8(10-5-4-9(15)6-11(10)16)17-24(22,23)12-7-18(2)14(21)19(3)13(12)20/h4-8,17H,1-3H3/t8-/m1/s1. The van der Waals surface area contributed by atoms with E-state index in [1.165, 1.54) is 20.2 Å². The molecule has 0 aliphatic heterocycles. The minimum atomic E-state index is -4.16. The van der Waals surface area contributed by atoms with Gasteiger partial charge in [-0.15, -0.1) is 0 Å². The first-order chi connectivity index (χ1) is 11.0. The summed E-state index contributed by atoms with van der Waals surface area (Å²) < 4.78 is 29.2. The molecule has 0 aliphatic carbocycles. The molecule has 1 atom stereocenters. The van der Waals surface area contributed by atoms with E-state index in [1.807, 2.05) is 0 Å². The van der Waals surface area contributed by atoms with Gasteiger partial charge in [-0.2, -0.15) is 0 Å². The summed E-state index contributed by atoms with van der Waals surface area (Å²) in [6.07, 6.45) is 0.989. The van der Waals surface area contributed by atoms with Crippen molar-refractivity contribution in [2.75, 3.05) is 0 Å². The molecule has 0 saturated carbocycles. The van der Waals surface area contributed by atoms with Crippen LogP contribution in [-0.2, 0) is 24.1 Å². The van der Waals surface area contributed by atoms with Crippen molar-refractivity contribution >= 4 is 33.2 Å². The van der Waals surface area contributed by atoms with Crippen LogP contribution in [0.5, 0.6) is 0 Å². The molecule has 10 heteroatoms. The van der Waals surface area contributed by atoms with Gasteiger partial charge in [0.25, 0.3) is 5.56 Å². The van der Waals surface area contributed by atoms with Crippen molar-refractivity contribution in [3.05, 3.63) is 60.8 Å².